The van der Waals surface area contributed by atoms with Crippen LogP contribution in [0.5, 0.6) is 0 Å². The van der Waals surface area contributed by atoms with Gasteiger partial charge >= 0.3 is 0 Å². The SMILES string of the molecule is CCNC(=NCc1ccnn1C)N1CCN(C(CC)c2ccccc2)CC1. The maximum absolute atomic E-state index is 4.84. The lowest BCUT2D eigenvalue weighted by Crippen LogP contribution is -2.53. The number of aryl methyl sites for hydroxylation is 1. The number of piperazine rings is 1. The molecule has 1 aromatic heterocycles. The molecular formula is C21H32N6. The molecule has 0 spiro atoms. The molecule has 1 aliphatic heterocycles. The van der Waals surface area contributed by atoms with Crippen LogP contribution in [-0.4, -0.2) is 58.3 Å². The fraction of sp³-hybridized carbons (Fsp3) is 0.524. The molecule has 0 aliphatic carbocycles. The predicted molar refractivity (Wildman–Crippen MR) is 111 cm³/mol. The Bertz CT molecular complexity index is 715. The monoisotopic (exact) mass is 368 g/mol. The van der Waals surface area contributed by atoms with Gasteiger partial charge in [0.05, 0.1) is 12.2 Å². The Morgan fingerprint density at radius 3 is 2.44 bits per heavy atom. The average Bonchev–Trinajstić information content (AvgIpc) is 3.12. The van der Waals surface area contributed by atoms with Crippen molar-refractivity contribution in [1.29, 1.82) is 0 Å². The Hall–Kier alpha value is -2.34. The molecule has 0 amide bonds. The van der Waals surface area contributed by atoms with Gasteiger partial charge in [0.1, 0.15) is 0 Å². The maximum atomic E-state index is 4.84. The lowest BCUT2D eigenvalue weighted by molar-refractivity contribution is 0.127. The first-order valence-corrected chi connectivity index (χ1v) is 10.0. The van der Waals surface area contributed by atoms with E-state index in [0.29, 0.717) is 12.6 Å². The van der Waals surface area contributed by atoms with Crippen molar-refractivity contribution in [1.82, 2.24) is 24.9 Å². The summed E-state index contributed by atoms with van der Waals surface area (Å²) in [5.74, 6) is 1.01. The maximum Gasteiger partial charge on any atom is 0.194 e. The quantitative estimate of drug-likeness (QED) is 0.629. The average molecular weight is 369 g/mol. The third-order valence-electron chi connectivity index (χ3n) is 5.27. The molecule has 1 fully saturated rings. The van der Waals surface area contributed by atoms with Crippen LogP contribution < -0.4 is 5.32 Å². The molecule has 27 heavy (non-hydrogen) atoms. The van der Waals surface area contributed by atoms with Crippen LogP contribution in [0.4, 0.5) is 0 Å². The zero-order valence-electron chi connectivity index (χ0n) is 16.8. The van der Waals surface area contributed by atoms with Gasteiger partial charge in [-0.05, 0) is 25.0 Å². The van der Waals surface area contributed by atoms with Gasteiger partial charge in [-0.2, -0.15) is 5.10 Å². The van der Waals surface area contributed by atoms with Gasteiger partial charge in [-0.25, -0.2) is 4.99 Å². The number of guanidine groups is 1. The van der Waals surface area contributed by atoms with Crippen molar-refractivity contribution in [3.8, 4) is 0 Å². The van der Waals surface area contributed by atoms with E-state index in [9.17, 15) is 0 Å². The second-order valence-electron chi connectivity index (χ2n) is 6.97. The summed E-state index contributed by atoms with van der Waals surface area (Å²) >= 11 is 0. The van der Waals surface area contributed by atoms with Crippen molar-refractivity contribution in [2.45, 2.75) is 32.9 Å². The first kappa shape index (κ1) is 19.4. The molecule has 3 rings (SSSR count). The summed E-state index contributed by atoms with van der Waals surface area (Å²) in [5, 5.41) is 7.68. The number of benzene rings is 1. The van der Waals surface area contributed by atoms with Crippen LogP contribution in [-0.2, 0) is 13.6 Å². The number of nitrogens with zero attached hydrogens (tertiary/aromatic N) is 5. The zero-order valence-corrected chi connectivity index (χ0v) is 16.8. The molecule has 146 valence electrons. The fourth-order valence-corrected chi connectivity index (χ4v) is 3.76. The van der Waals surface area contributed by atoms with Crippen LogP contribution in [0.25, 0.3) is 0 Å². The molecule has 1 saturated heterocycles. The topological polar surface area (TPSA) is 48.7 Å². The number of nitrogens with one attached hydrogen (secondary N) is 1. The normalized spacial score (nSPS) is 17.1. The van der Waals surface area contributed by atoms with Gasteiger partial charge in [0.25, 0.3) is 0 Å². The van der Waals surface area contributed by atoms with Gasteiger partial charge < -0.3 is 10.2 Å². The molecule has 0 bridgehead atoms. The highest BCUT2D eigenvalue weighted by atomic mass is 15.4. The van der Waals surface area contributed by atoms with Gasteiger partial charge in [-0.15, -0.1) is 0 Å². The number of rotatable bonds is 6. The standard InChI is InChI=1S/C21H32N6/c1-4-20(18-9-7-6-8-10-18)26-13-15-27(16-14-26)21(22-5-2)23-17-19-11-12-24-25(19)3/h6-12,20H,4-5,13-17H2,1-3H3,(H,22,23). The molecule has 2 heterocycles. The van der Waals surface area contributed by atoms with Crippen molar-refractivity contribution in [2.24, 2.45) is 12.0 Å². The zero-order chi connectivity index (χ0) is 19.1. The van der Waals surface area contributed by atoms with Gasteiger partial charge in [-0.1, -0.05) is 37.3 Å². The van der Waals surface area contributed by atoms with Gasteiger partial charge in [0.15, 0.2) is 5.96 Å². The molecule has 2 aromatic rings. The Balaban J connectivity index is 1.62. The van der Waals surface area contributed by atoms with Crippen LogP contribution >= 0.6 is 0 Å². The highest BCUT2D eigenvalue weighted by Gasteiger charge is 2.25. The van der Waals surface area contributed by atoms with Crippen LogP contribution in [0.15, 0.2) is 47.6 Å². The minimum atomic E-state index is 0.502. The van der Waals surface area contributed by atoms with Crippen molar-refractivity contribution in [2.75, 3.05) is 32.7 Å². The van der Waals surface area contributed by atoms with E-state index < -0.39 is 0 Å². The molecular weight excluding hydrogens is 336 g/mol. The van der Waals surface area contributed by atoms with E-state index in [4.69, 9.17) is 4.99 Å². The second-order valence-corrected chi connectivity index (χ2v) is 6.97. The highest BCUT2D eigenvalue weighted by molar-refractivity contribution is 5.80. The highest BCUT2D eigenvalue weighted by Crippen LogP contribution is 2.25. The smallest absolute Gasteiger partial charge is 0.194 e. The van der Waals surface area contributed by atoms with Gasteiger partial charge in [0.2, 0.25) is 0 Å². The van der Waals surface area contributed by atoms with Crippen molar-refractivity contribution in [3.05, 3.63) is 53.9 Å². The molecule has 1 atom stereocenters. The third-order valence-corrected chi connectivity index (χ3v) is 5.27. The van der Waals surface area contributed by atoms with Crippen LogP contribution in [0.3, 0.4) is 0 Å². The summed E-state index contributed by atoms with van der Waals surface area (Å²) in [6.45, 7) is 10.1. The fourth-order valence-electron chi connectivity index (χ4n) is 3.76. The Morgan fingerprint density at radius 1 is 1.11 bits per heavy atom. The largest absolute Gasteiger partial charge is 0.357 e. The van der Waals surface area contributed by atoms with E-state index >= 15 is 0 Å². The van der Waals surface area contributed by atoms with E-state index in [1.54, 1.807) is 0 Å². The Labute approximate surface area is 162 Å². The summed E-state index contributed by atoms with van der Waals surface area (Å²) in [6.07, 6.45) is 2.96. The molecule has 0 radical (unpaired) electrons. The number of hydrogen-bond donors (Lipinski definition) is 1. The summed E-state index contributed by atoms with van der Waals surface area (Å²) in [6, 6.07) is 13.4. The molecule has 6 heteroatoms. The summed E-state index contributed by atoms with van der Waals surface area (Å²) in [5.41, 5.74) is 2.55. The first-order chi connectivity index (χ1) is 13.2. The summed E-state index contributed by atoms with van der Waals surface area (Å²) in [7, 11) is 1.96. The molecule has 6 nitrogen and oxygen atoms in total. The molecule has 1 N–H and O–H groups in total. The van der Waals surface area contributed by atoms with Crippen LogP contribution in [0, 0.1) is 0 Å². The minimum absolute atomic E-state index is 0.502. The van der Waals surface area contributed by atoms with Gasteiger partial charge in [0, 0.05) is 52.0 Å². The van der Waals surface area contributed by atoms with Crippen LogP contribution in [0.2, 0.25) is 0 Å². The lowest BCUT2D eigenvalue weighted by Gasteiger charge is -2.40. The first-order valence-electron chi connectivity index (χ1n) is 10.0. The molecule has 1 aromatic carbocycles. The number of aliphatic imine (C=N–C) groups is 1. The molecule has 1 unspecified atom stereocenters. The second kappa shape index (κ2) is 9.55. The number of aromatic nitrogens is 2. The summed E-state index contributed by atoms with van der Waals surface area (Å²) in [4.78, 5) is 9.83. The Kier molecular flexibility index (Phi) is 6.87. The van der Waals surface area contributed by atoms with E-state index in [1.807, 2.05) is 24.0 Å². The van der Waals surface area contributed by atoms with E-state index in [1.165, 1.54) is 5.56 Å². The van der Waals surface area contributed by atoms with E-state index in [0.717, 1.165) is 50.8 Å². The summed E-state index contributed by atoms with van der Waals surface area (Å²) < 4.78 is 1.89. The lowest BCUT2D eigenvalue weighted by atomic mass is 10.0. The molecule has 1 aliphatic rings. The third kappa shape index (κ3) is 4.89. The number of hydrogen-bond acceptors (Lipinski definition) is 3. The van der Waals surface area contributed by atoms with Crippen molar-refractivity contribution < 1.29 is 0 Å². The predicted octanol–water partition coefficient (Wildman–Crippen LogP) is 2.65. The van der Waals surface area contributed by atoms with Crippen molar-refractivity contribution in [3.63, 3.8) is 0 Å². The van der Waals surface area contributed by atoms with E-state index in [-0.39, 0.29) is 0 Å². The molecule has 0 saturated carbocycles. The Morgan fingerprint density at radius 2 is 1.85 bits per heavy atom. The van der Waals surface area contributed by atoms with Gasteiger partial charge in [-0.3, -0.25) is 9.58 Å². The van der Waals surface area contributed by atoms with Crippen molar-refractivity contribution >= 4 is 5.96 Å². The minimum Gasteiger partial charge on any atom is -0.357 e. The van der Waals surface area contributed by atoms with E-state index in [2.05, 4.69) is 64.4 Å². The van der Waals surface area contributed by atoms with Crippen LogP contribution in [0.1, 0.15) is 37.6 Å².